The first-order valence-electron chi connectivity index (χ1n) is 7.57. The van der Waals surface area contributed by atoms with Gasteiger partial charge in [-0.2, -0.15) is 0 Å². The third kappa shape index (κ3) is 3.19. The highest BCUT2D eigenvalue weighted by Gasteiger charge is 2.29. The van der Waals surface area contributed by atoms with Gasteiger partial charge in [-0.25, -0.2) is 0 Å². The highest BCUT2D eigenvalue weighted by molar-refractivity contribution is 5.88. The Hall–Kier alpha value is -1.39. The minimum absolute atomic E-state index is 0.411. The fourth-order valence-corrected chi connectivity index (χ4v) is 3.00. The van der Waals surface area contributed by atoms with E-state index in [1.165, 1.54) is 11.4 Å². The minimum Gasteiger partial charge on any atom is -0.372 e. The fourth-order valence-electron chi connectivity index (χ4n) is 3.00. The van der Waals surface area contributed by atoms with Gasteiger partial charge >= 0.3 is 0 Å². The van der Waals surface area contributed by atoms with Crippen molar-refractivity contribution >= 4 is 5.84 Å². The van der Waals surface area contributed by atoms with Gasteiger partial charge in [0, 0.05) is 39.3 Å². The summed E-state index contributed by atoms with van der Waals surface area (Å²) in [6, 6.07) is 11.2. The van der Waals surface area contributed by atoms with Crippen molar-refractivity contribution in [2.75, 3.05) is 39.8 Å². The number of nitrogens with zero attached hydrogens (tertiary/aromatic N) is 3. The molecule has 4 nitrogen and oxygen atoms in total. The highest BCUT2D eigenvalue weighted by atomic mass is 15.3. The normalized spacial score (nSPS) is 25.1. The lowest BCUT2D eigenvalue weighted by molar-refractivity contribution is 0.116. The molecule has 20 heavy (non-hydrogen) atoms. The largest absolute Gasteiger partial charge is 0.372 e. The van der Waals surface area contributed by atoms with Crippen molar-refractivity contribution in [3.8, 4) is 0 Å². The monoisotopic (exact) mass is 272 g/mol. The molecule has 0 amide bonds. The Kier molecular flexibility index (Phi) is 4.33. The molecular weight excluding hydrogens is 248 g/mol. The maximum atomic E-state index is 4.72. The lowest BCUT2D eigenvalue weighted by Gasteiger charge is -2.41. The van der Waals surface area contributed by atoms with E-state index in [1.54, 1.807) is 0 Å². The SMILES string of the molecule is CN1CCN(Cc2ccccc2)C(C2=NCCCN2)C1. The average Bonchev–Trinajstić information content (AvgIpc) is 2.51. The fraction of sp³-hybridized carbons (Fsp3) is 0.562. The van der Waals surface area contributed by atoms with Crippen LogP contribution < -0.4 is 5.32 Å². The zero-order valence-corrected chi connectivity index (χ0v) is 12.3. The minimum atomic E-state index is 0.411. The summed E-state index contributed by atoms with van der Waals surface area (Å²) in [7, 11) is 2.20. The van der Waals surface area contributed by atoms with Crippen LogP contribution >= 0.6 is 0 Å². The van der Waals surface area contributed by atoms with Gasteiger partial charge in [0.1, 0.15) is 5.84 Å². The molecule has 1 aromatic carbocycles. The Labute approximate surface area is 121 Å². The molecule has 108 valence electrons. The molecule has 4 heteroatoms. The van der Waals surface area contributed by atoms with Gasteiger partial charge in [-0.15, -0.1) is 0 Å². The molecule has 1 atom stereocenters. The van der Waals surface area contributed by atoms with Crippen molar-refractivity contribution in [2.45, 2.75) is 19.0 Å². The standard InChI is InChI=1S/C16H24N4/c1-19-10-11-20(12-14-6-3-2-4-7-14)15(13-19)16-17-8-5-9-18-16/h2-4,6-7,15H,5,8-13H2,1H3,(H,17,18). The topological polar surface area (TPSA) is 30.9 Å². The second kappa shape index (κ2) is 6.37. The predicted octanol–water partition coefficient (Wildman–Crippen LogP) is 1.19. The Morgan fingerprint density at radius 2 is 2.10 bits per heavy atom. The zero-order valence-electron chi connectivity index (χ0n) is 12.3. The summed E-state index contributed by atoms with van der Waals surface area (Å²) < 4.78 is 0. The summed E-state index contributed by atoms with van der Waals surface area (Å²) >= 11 is 0. The van der Waals surface area contributed by atoms with Crippen LogP contribution in [0.2, 0.25) is 0 Å². The predicted molar refractivity (Wildman–Crippen MR) is 83.1 cm³/mol. The molecule has 0 aliphatic carbocycles. The Morgan fingerprint density at radius 3 is 2.85 bits per heavy atom. The Balaban J connectivity index is 1.74. The zero-order chi connectivity index (χ0) is 13.8. The molecule has 1 N–H and O–H groups in total. The second-order valence-corrected chi connectivity index (χ2v) is 5.78. The molecule has 1 unspecified atom stereocenters. The van der Waals surface area contributed by atoms with Gasteiger partial charge in [-0.05, 0) is 19.0 Å². The molecule has 1 fully saturated rings. The smallest absolute Gasteiger partial charge is 0.115 e. The van der Waals surface area contributed by atoms with Gasteiger partial charge in [0.2, 0.25) is 0 Å². The van der Waals surface area contributed by atoms with Crippen LogP contribution in [0.1, 0.15) is 12.0 Å². The Morgan fingerprint density at radius 1 is 1.25 bits per heavy atom. The summed E-state index contributed by atoms with van der Waals surface area (Å²) in [6.07, 6.45) is 1.16. The van der Waals surface area contributed by atoms with Crippen molar-refractivity contribution in [1.82, 2.24) is 15.1 Å². The molecule has 0 radical (unpaired) electrons. The van der Waals surface area contributed by atoms with Crippen LogP contribution in [0.4, 0.5) is 0 Å². The van der Waals surface area contributed by atoms with Crippen LogP contribution in [0, 0.1) is 0 Å². The van der Waals surface area contributed by atoms with Gasteiger partial charge in [-0.1, -0.05) is 30.3 Å². The second-order valence-electron chi connectivity index (χ2n) is 5.78. The van der Waals surface area contributed by atoms with E-state index in [4.69, 9.17) is 4.99 Å². The molecule has 2 heterocycles. The first-order valence-corrected chi connectivity index (χ1v) is 7.57. The molecule has 2 aliphatic heterocycles. The molecule has 0 spiro atoms. The van der Waals surface area contributed by atoms with Gasteiger partial charge in [-0.3, -0.25) is 9.89 Å². The number of amidine groups is 1. The maximum absolute atomic E-state index is 4.72. The number of rotatable bonds is 3. The third-order valence-corrected chi connectivity index (χ3v) is 4.16. The molecule has 2 aliphatic rings. The van der Waals surface area contributed by atoms with E-state index in [0.717, 1.165) is 45.7 Å². The van der Waals surface area contributed by atoms with E-state index in [1.807, 2.05) is 0 Å². The number of hydrogen-bond acceptors (Lipinski definition) is 4. The number of hydrogen-bond donors (Lipinski definition) is 1. The number of nitrogens with one attached hydrogen (secondary N) is 1. The summed E-state index contributed by atoms with van der Waals surface area (Å²) in [5, 5.41) is 3.51. The average molecular weight is 272 g/mol. The lowest BCUT2D eigenvalue weighted by atomic mass is 10.1. The molecule has 0 bridgehead atoms. The van der Waals surface area contributed by atoms with Crippen LogP contribution in [0.3, 0.4) is 0 Å². The molecule has 1 saturated heterocycles. The summed E-state index contributed by atoms with van der Waals surface area (Å²) in [4.78, 5) is 9.69. The van der Waals surface area contributed by atoms with Crippen molar-refractivity contribution < 1.29 is 0 Å². The van der Waals surface area contributed by atoms with Gasteiger partial charge in [0.25, 0.3) is 0 Å². The molecule has 0 aromatic heterocycles. The van der Waals surface area contributed by atoms with Crippen LogP contribution in [-0.2, 0) is 6.54 Å². The number of benzene rings is 1. The third-order valence-electron chi connectivity index (χ3n) is 4.16. The molecule has 3 rings (SSSR count). The van der Waals surface area contributed by atoms with E-state index in [9.17, 15) is 0 Å². The first kappa shape index (κ1) is 13.6. The van der Waals surface area contributed by atoms with Crippen molar-refractivity contribution in [3.63, 3.8) is 0 Å². The van der Waals surface area contributed by atoms with Crippen molar-refractivity contribution in [3.05, 3.63) is 35.9 Å². The molecule has 0 saturated carbocycles. The molecule has 1 aromatic rings. The van der Waals surface area contributed by atoms with E-state index >= 15 is 0 Å². The molecular formula is C16H24N4. The van der Waals surface area contributed by atoms with Crippen LogP contribution in [-0.4, -0.2) is 61.4 Å². The number of aliphatic imine (C=N–C) groups is 1. The quantitative estimate of drug-likeness (QED) is 0.897. The van der Waals surface area contributed by atoms with E-state index in [0.29, 0.717) is 6.04 Å². The van der Waals surface area contributed by atoms with Crippen LogP contribution in [0.5, 0.6) is 0 Å². The number of likely N-dealkylation sites (N-methyl/N-ethyl adjacent to an activating group) is 1. The maximum Gasteiger partial charge on any atom is 0.115 e. The van der Waals surface area contributed by atoms with Gasteiger partial charge in [0.15, 0.2) is 0 Å². The Bertz CT molecular complexity index is 457. The van der Waals surface area contributed by atoms with Gasteiger partial charge < -0.3 is 10.2 Å². The van der Waals surface area contributed by atoms with E-state index in [-0.39, 0.29) is 0 Å². The van der Waals surface area contributed by atoms with E-state index < -0.39 is 0 Å². The summed E-state index contributed by atoms with van der Waals surface area (Å²) in [5.41, 5.74) is 1.39. The van der Waals surface area contributed by atoms with Crippen molar-refractivity contribution in [2.24, 2.45) is 4.99 Å². The number of piperazine rings is 1. The van der Waals surface area contributed by atoms with E-state index in [2.05, 4.69) is 52.5 Å². The summed E-state index contributed by atoms with van der Waals surface area (Å²) in [6.45, 7) is 6.37. The first-order chi connectivity index (χ1) is 9.83. The highest BCUT2D eigenvalue weighted by Crippen LogP contribution is 2.15. The van der Waals surface area contributed by atoms with Crippen molar-refractivity contribution in [1.29, 1.82) is 0 Å². The van der Waals surface area contributed by atoms with Crippen LogP contribution in [0.15, 0.2) is 35.3 Å². The summed E-state index contributed by atoms with van der Waals surface area (Å²) in [5.74, 6) is 1.19. The van der Waals surface area contributed by atoms with Crippen LogP contribution in [0.25, 0.3) is 0 Å². The lowest BCUT2D eigenvalue weighted by Crippen LogP contribution is -2.58. The van der Waals surface area contributed by atoms with Gasteiger partial charge in [0.05, 0.1) is 6.04 Å².